The van der Waals surface area contributed by atoms with Crippen molar-refractivity contribution in [1.29, 1.82) is 0 Å². The fourth-order valence-corrected chi connectivity index (χ4v) is 4.86. The largest absolute Gasteiger partial charge is 0.472 e. The number of hydrogen-bond donors (Lipinski definition) is 1. The number of hydrogen-bond acceptors (Lipinski definition) is 6. The van der Waals surface area contributed by atoms with Gasteiger partial charge in [0, 0.05) is 26.0 Å². The highest BCUT2D eigenvalue weighted by molar-refractivity contribution is 9.09. The standard InChI is InChI=1S/C26H53BrNO7P/c1-4-5-6-7-8-9-10-11-12-13-14-15-16-17-18-19-21-32-23-25(35-26(29)28(2)3)24-34-36(30,31)33-22-20-27/h25H,4-24H2,1-3H3,(H,30,31). The van der Waals surface area contributed by atoms with Crippen molar-refractivity contribution >= 4 is 29.8 Å². The molecular weight excluding hydrogens is 549 g/mol. The lowest BCUT2D eigenvalue weighted by molar-refractivity contribution is -0.0172. The first-order valence-corrected chi connectivity index (χ1v) is 16.6. The fourth-order valence-electron chi connectivity index (χ4n) is 3.70. The van der Waals surface area contributed by atoms with Crippen molar-refractivity contribution in [2.75, 3.05) is 45.9 Å². The number of unbranched alkanes of at least 4 members (excludes halogenated alkanes) is 15. The summed E-state index contributed by atoms with van der Waals surface area (Å²) >= 11 is 3.12. The first-order valence-electron chi connectivity index (χ1n) is 14.0. The van der Waals surface area contributed by atoms with Crippen LogP contribution in [0.15, 0.2) is 0 Å². The molecule has 0 saturated heterocycles. The highest BCUT2D eigenvalue weighted by Gasteiger charge is 2.25. The van der Waals surface area contributed by atoms with E-state index in [0.29, 0.717) is 11.9 Å². The van der Waals surface area contributed by atoms with Crippen LogP contribution in [-0.2, 0) is 23.1 Å². The Balaban J connectivity index is 3.75. The first-order chi connectivity index (χ1) is 17.3. The molecule has 1 amide bonds. The van der Waals surface area contributed by atoms with E-state index in [1.165, 1.54) is 94.8 Å². The highest BCUT2D eigenvalue weighted by Crippen LogP contribution is 2.43. The maximum atomic E-state index is 11.9. The second-order valence-electron chi connectivity index (χ2n) is 9.56. The van der Waals surface area contributed by atoms with E-state index in [-0.39, 0.29) is 19.8 Å². The quantitative estimate of drug-likeness (QED) is 0.0612. The normalized spacial score (nSPS) is 13.9. The van der Waals surface area contributed by atoms with Crippen molar-refractivity contribution in [3.05, 3.63) is 0 Å². The van der Waals surface area contributed by atoms with Crippen LogP contribution in [0.5, 0.6) is 0 Å². The molecule has 2 unspecified atom stereocenters. The third-order valence-electron chi connectivity index (χ3n) is 5.83. The van der Waals surface area contributed by atoms with E-state index in [1.807, 2.05) is 0 Å². The molecule has 0 aromatic carbocycles. The summed E-state index contributed by atoms with van der Waals surface area (Å²) in [6.07, 6.45) is 19.6. The molecule has 0 aromatic heterocycles. The van der Waals surface area contributed by atoms with Gasteiger partial charge in [0.15, 0.2) is 6.10 Å². The second kappa shape index (κ2) is 25.1. The minimum absolute atomic E-state index is 0.0334. The van der Waals surface area contributed by atoms with E-state index in [9.17, 15) is 14.3 Å². The van der Waals surface area contributed by atoms with Crippen molar-refractivity contribution in [2.45, 2.75) is 116 Å². The van der Waals surface area contributed by atoms with Crippen LogP contribution in [0.3, 0.4) is 0 Å². The number of phosphoric acid groups is 1. The molecule has 0 aliphatic carbocycles. The van der Waals surface area contributed by atoms with Gasteiger partial charge in [-0.3, -0.25) is 9.05 Å². The van der Waals surface area contributed by atoms with Gasteiger partial charge in [-0.15, -0.1) is 0 Å². The third kappa shape index (κ3) is 24.2. The van der Waals surface area contributed by atoms with Crippen molar-refractivity contribution in [3.63, 3.8) is 0 Å². The van der Waals surface area contributed by atoms with Crippen LogP contribution >= 0.6 is 23.8 Å². The smallest absolute Gasteiger partial charge is 0.441 e. The van der Waals surface area contributed by atoms with Gasteiger partial charge in [-0.05, 0) is 6.42 Å². The SMILES string of the molecule is CCCCCCCCCCCCCCCCCCOCC(COP(=O)(O)OCCBr)OC(=O)N(C)C. The number of halogens is 1. The zero-order chi connectivity index (χ0) is 26.9. The van der Waals surface area contributed by atoms with Crippen molar-refractivity contribution < 1.29 is 32.8 Å². The number of phosphoric ester groups is 1. The van der Waals surface area contributed by atoms with Gasteiger partial charge in [-0.1, -0.05) is 119 Å². The third-order valence-corrected chi connectivity index (χ3v) is 7.14. The molecule has 0 fully saturated rings. The number of nitrogens with zero attached hydrogens (tertiary/aromatic N) is 1. The summed E-state index contributed by atoms with van der Waals surface area (Å²) in [6, 6.07) is 0. The van der Waals surface area contributed by atoms with Gasteiger partial charge < -0.3 is 19.3 Å². The van der Waals surface area contributed by atoms with E-state index in [2.05, 4.69) is 22.9 Å². The van der Waals surface area contributed by atoms with Crippen LogP contribution in [-0.4, -0.2) is 67.8 Å². The summed E-state index contributed by atoms with van der Waals surface area (Å²) in [5.41, 5.74) is 0. The molecule has 0 radical (unpaired) electrons. The van der Waals surface area contributed by atoms with E-state index < -0.39 is 20.0 Å². The van der Waals surface area contributed by atoms with Gasteiger partial charge in [0.2, 0.25) is 0 Å². The molecule has 1 N–H and O–H groups in total. The molecule has 0 bridgehead atoms. The van der Waals surface area contributed by atoms with Crippen LogP contribution in [0.25, 0.3) is 0 Å². The number of ether oxygens (including phenoxy) is 2. The molecule has 0 heterocycles. The molecule has 0 rings (SSSR count). The Bertz CT molecular complexity index is 554. The molecule has 36 heavy (non-hydrogen) atoms. The van der Waals surface area contributed by atoms with E-state index in [0.717, 1.165) is 12.8 Å². The second-order valence-corrected chi connectivity index (χ2v) is 11.8. The minimum Gasteiger partial charge on any atom is -0.441 e. The molecule has 0 saturated carbocycles. The maximum Gasteiger partial charge on any atom is 0.472 e. The summed E-state index contributed by atoms with van der Waals surface area (Å²) in [5, 5.41) is 0.405. The predicted octanol–water partition coefficient (Wildman–Crippen LogP) is 7.86. The number of rotatable bonds is 26. The van der Waals surface area contributed by atoms with Crippen molar-refractivity contribution in [3.8, 4) is 0 Å². The van der Waals surface area contributed by atoms with Crippen LogP contribution in [0.1, 0.15) is 110 Å². The Morgan fingerprint density at radius 1 is 0.778 bits per heavy atom. The lowest BCUT2D eigenvalue weighted by atomic mass is 10.0. The zero-order valence-corrected chi connectivity index (χ0v) is 25.6. The Kier molecular flexibility index (Phi) is 25.0. The number of carbonyl (C=O) groups excluding carboxylic acids is 1. The molecule has 216 valence electrons. The average Bonchev–Trinajstić information content (AvgIpc) is 2.85. The molecule has 0 aromatic rings. The Labute approximate surface area is 228 Å². The molecule has 2 atom stereocenters. The van der Waals surface area contributed by atoms with Crippen LogP contribution in [0.2, 0.25) is 0 Å². The molecule has 10 heteroatoms. The molecule has 0 spiro atoms. The fraction of sp³-hybridized carbons (Fsp3) is 0.962. The molecular formula is C26H53BrNO7P. The molecule has 8 nitrogen and oxygen atoms in total. The van der Waals surface area contributed by atoms with E-state index >= 15 is 0 Å². The van der Waals surface area contributed by atoms with Crippen molar-refractivity contribution in [1.82, 2.24) is 4.90 Å². The Hall–Kier alpha value is -0.180. The summed E-state index contributed by atoms with van der Waals surface area (Å²) in [6.45, 7) is 2.66. The number of alkyl halides is 1. The van der Waals surface area contributed by atoms with E-state index in [1.54, 1.807) is 14.1 Å². The Morgan fingerprint density at radius 3 is 1.69 bits per heavy atom. The molecule has 0 aliphatic rings. The number of carbonyl (C=O) groups is 1. The van der Waals surface area contributed by atoms with Crippen molar-refractivity contribution in [2.24, 2.45) is 0 Å². The minimum atomic E-state index is -4.20. The lowest BCUT2D eigenvalue weighted by Gasteiger charge is -2.21. The van der Waals surface area contributed by atoms with Crippen LogP contribution in [0, 0.1) is 0 Å². The highest BCUT2D eigenvalue weighted by atomic mass is 79.9. The maximum absolute atomic E-state index is 11.9. The topological polar surface area (TPSA) is 94.5 Å². The summed E-state index contributed by atoms with van der Waals surface area (Å²) in [4.78, 5) is 22.8. The van der Waals surface area contributed by atoms with Gasteiger partial charge in [-0.2, -0.15) is 0 Å². The summed E-state index contributed by atoms with van der Waals surface area (Å²) < 4.78 is 32.5. The monoisotopic (exact) mass is 601 g/mol. The van der Waals surface area contributed by atoms with Gasteiger partial charge in [-0.25, -0.2) is 9.36 Å². The zero-order valence-electron chi connectivity index (χ0n) is 23.1. The first kappa shape index (κ1) is 35.8. The summed E-state index contributed by atoms with van der Waals surface area (Å²) in [5.74, 6) is 0. The Morgan fingerprint density at radius 2 is 1.25 bits per heavy atom. The van der Waals surface area contributed by atoms with Gasteiger partial charge in [0.25, 0.3) is 0 Å². The summed E-state index contributed by atoms with van der Waals surface area (Å²) in [7, 11) is -1.07. The lowest BCUT2D eigenvalue weighted by Crippen LogP contribution is -2.33. The van der Waals surface area contributed by atoms with E-state index in [4.69, 9.17) is 18.5 Å². The predicted molar refractivity (Wildman–Crippen MR) is 150 cm³/mol. The molecule has 0 aliphatic heterocycles. The van der Waals surface area contributed by atoms with Gasteiger partial charge in [0.1, 0.15) is 0 Å². The van der Waals surface area contributed by atoms with Gasteiger partial charge in [0.05, 0.1) is 19.8 Å². The average molecular weight is 603 g/mol. The van der Waals surface area contributed by atoms with Crippen LogP contribution in [0.4, 0.5) is 4.79 Å². The van der Waals surface area contributed by atoms with Gasteiger partial charge >= 0.3 is 13.9 Å². The van der Waals surface area contributed by atoms with Crippen LogP contribution < -0.4 is 0 Å². The number of amides is 1.